The van der Waals surface area contributed by atoms with Gasteiger partial charge in [-0.15, -0.1) is 0 Å². The Labute approximate surface area is 250 Å². The number of phenols is 8. The lowest BCUT2D eigenvalue weighted by molar-refractivity contribution is -0.234. The number of benzene rings is 3. The highest BCUT2D eigenvalue weighted by molar-refractivity contribution is 5.95. The van der Waals surface area contributed by atoms with E-state index in [9.17, 15) is 60.3 Å². The Morgan fingerprint density at radius 3 is 1.69 bits per heavy atom. The quantitative estimate of drug-likeness (QED) is 0.103. The van der Waals surface area contributed by atoms with E-state index in [-0.39, 0.29) is 11.1 Å². The highest BCUT2D eigenvalue weighted by Gasteiger charge is 2.56. The molecule has 238 valence electrons. The number of carbonyl (C=O) groups is 3. The second-order valence-electron chi connectivity index (χ2n) is 9.85. The van der Waals surface area contributed by atoms with Gasteiger partial charge in [-0.3, -0.25) is 0 Å². The van der Waals surface area contributed by atoms with Crippen LogP contribution in [0.1, 0.15) is 42.7 Å². The molecule has 0 aromatic heterocycles. The fourth-order valence-corrected chi connectivity index (χ4v) is 5.02. The van der Waals surface area contributed by atoms with Gasteiger partial charge in [0.15, 0.2) is 64.3 Å². The zero-order valence-electron chi connectivity index (χ0n) is 22.8. The van der Waals surface area contributed by atoms with E-state index >= 15 is 0 Å². The van der Waals surface area contributed by atoms with Crippen molar-refractivity contribution < 1.29 is 84.0 Å². The van der Waals surface area contributed by atoms with Crippen molar-refractivity contribution in [2.24, 2.45) is 0 Å². The van der Waals surface area contributed by atoms with Gasteiger partial charge in [0.05, 0.1) is 30.4 Å². The molecule has 0 amide bonds. The van der Waals surface area contributed by atoms with Crippen molar-refractivity contribution in [1.82, 2.24) is 0 Å². The van der Waals surface area contributed by atoms with Crippen molar-refractivity contribution in [2.45, 2.75) is 30.5 Å². The number of phenolic OH excluding ortho intramolecular Hbond substituents is 8. The molecule has 2 aliphatic rings. The molecule has 0 spiro atoms. The summed E-state index contributed by atoms with van der Waals surface area (Å²) in [5.41, 5.74) is -1.75. The number of fused-ring (bicyclic) bond motifs is 3. The molecular formula is C28H24O17. The summed E-state index contributed by atoms with van der Waals surface area (Å²) in [5, 5.41) is 90.1. The summed E-state index contributed by atoms with van der Waals surface area (Å²) in [6.07, 6.45) is -8.61. The van der Waals surface area contributed by atoms with Crippen LogP contribution in [0.4, 0.5) is 0 Å². The first-order chi connectivity index (χ1) is 21.3. The van der Waals surface area contributed by atoms with Gasteiger partial charge < -0.3 is 69.6 Å². The molecule has 5 atom stereocenters. The molecule has 2 heterocycles. The van der Waals surface area contributed by atoms with E-state index in [4.69, 9.17) is 23.7 Å². The average molecular weight is 632 g/mol. The molecule has 0 bridgehead atoms. The number of carbonyl (C=O) groups excluding carboxylic acids is 3. The zero-order valence-corrected chi connectivity index (χ0v) is 22.8. The Kier molecular flexibility index (Phi) is 7.73. The fraction of sp³-hybridized carbons (Fsp3) is 0.250. The van der Waals surface area contributed by atoms with Crippen LogP contribution in [0.15, 0.2) is 30.3 Å². The van der Waals surface area contributed by atoms with Crippen molar-refractivity contribution in [2.75, 3.05) is 13.7 Å². The van der Waals surface area contributed by atoms with Gasteiger partial charge in [-0.1, -0.05) is 0 Å². The fourth-order valence-electron chi connectivity index (χ4n) is 5.02. The van der Waals surface area contributed by atoms with Crippen LogP contribution in [-0.4, -0.2) is 102 Å². The topological polar surface area (TPSA) is 279 Å². The van der Waals surface area contributed by atoms with E-state index in [2.05, 4.69) is 0 Å². The lowest BCUT2D eigenvalue weighted by Crippen LogP contribution is -2.60. The standard InChI is InChI=1S/C28H24O17/c1-41-21-15(34)6-10-17(20(21)37)23-25(45-28(10)40)24(44-27(39)9-4-13(32)19(36)14(33)5-9)22(16(7-29)42-23)43-26(38)8-2-11(30)18(35)12(31)3-8/h2-6,16,22-25,29-37H,7H2,1H3. The number of hydrogen-bond acceptors (Lipinski definition) is 17. The summed E-state index contributed by atoms with van der Waals surface area (Å²) >= 11 is 0. The van der Waals surface area contributed by atoms with Crippen LogP contribution < -0.4 is 4.74 Å². The molecule has 1 fully saturated rings. The lowest BCUT2D eigenvalue weighted by Gasteiger charge is -2.46. The summed E-state index contributed by atoms with van der Waals surface area (Å²) in [6.45, 7) is -0.943. The number of rotatable bonds is 6. The third-order valence-electron chi connectivity index (χ3n) is 7.14. The molecular weight excluding hydrogens is 608 g/mol. The second-order valence-corrected chi connectivity index (χ2v) is 9.85. The van der Waals surface area contributed by atoms with Crippen molar-refractivity contribution in [3.63, 3.8) is 0 Å². The third-order valence-corrected chi connectivity index (χ3v) is 7.14. The molecule has 5 rings (SSSR count). The van der Waals surface area contributed by atoms with Gasteiger partial charge in [0.1, 0.15) is 12.2 Å². The van der Waals surface area contributed by atoms with E-state index in [1.807, 2.05) is 0 Å². The number of aliphatic hydroxyl groups excluding tert-OH is 1. The maximum absolute atomic E-state index is 13.3. The Bertz CT molecular complexity index is 1670. The molecule has 17 heteroatoms. The third kappa shape index (κ3) is 5.19. The molecule has 45 heavy (non-hydrogen) atoms. The van der Waals surface area contributed by atoms with Crippen LogP contribution >= 0.6 is 0 Å². The Morgan fingerprint density at radius 1 is 0.733 bits per heavy atom. The minimum absolute atomic E-state index is 0.302. The number of aliphatic hydroxyl groups is 1. The summed E-state index contributed by atoms with van der Waals surface area (Å²) in [6, 6.07) is 3.83. The smallest absolute Gasteiger partial charge is 0.339 e. The maximum atomic E-state index is 13.3. The summed E-state index contributed by atoms with van der Waals surface area (Å²) in [5.74, 6) is -11.2. The largest absolute Gasteiger partial charge is 0.504 e. The average Bonchev–Trinajstić information content (AvgIpc) is 2.99. The Hall–Kier alpha value is -5.81. The highest BCUT2D eigenvalue weighted by atomic mass is 16.7. The van der Waals surface area contributed by atoms with Crippen molar-refractivity contribution in [3.8, 4) is 51.7 Å². The van der Waals surface area contributed by atoms with Crippen LogP contribution in [0.3, 0.4) is 0 Å². The van der Waals surface area contributed by atoms with Gasteiger partial charge in [-0.25, -0.2) is 14.4 Å². The molecule has 0 aliphatic carbocycles. The Morgan fingerprint density at radius 2 is 1.22 bits per heavy atom. The molecule has 5 unspecified atom stereocenters. The summed E-state index contributed by atoms with van der Waals surface area (Å²) < 4.78 is 27.3. The van der Waals surface area contributed by atoms with Crippen LogP contribution in [0.25, 0.3) is 0 Å². The van der Waals surface area contributed by atoms with Crippen LogP contribution in [0, 0.1) is 0 Å². The molecule has 17 nitrogen and oxygen atoms in total. The van der Waals surface area contributed by atoms with Crippen molar-refractivity contribution in [1.29, 1.82) is 0 Å². The van der Waals surface area contributed by atoms with E-state index in [0.717, 1.165) is 37.4 Å². The van der Waals surface area contributed by atoms with Crippen LogP contribution in [0.2, 0.25) is 0 Å². The highest BCUT2D eigenvalue weighted by Crippen LogP contribution is 2.51. The number of esters is 3. The monoisotopic (exact) mass is 632 g/mol. The number of ether oxygens (including phenoxy) is 5. The van der Waals surface area contributed by atoms with Gasteiger partial charge in [0.2, 0.25) is 5.75 Å². The van der Waals surface area contributed by atoms with Crippen molar-refractivity contribution >= 4 is 17.9 Å². The normalized spacial score (nSPS) is 22.0. The van der Waals surface area contributed by atoms with Crippen LogP contribution in [0.5, 0.6) is 51.7 Å². The molecule has 1 saturated heterocycles. The first-order valence-corrected chi connectivity index (χ1v) is 12.8. The van der Waals surface area contributed by atoms with Gasteiger partial charge in [-0.2, -0.15) is 0 Å². The van der Waals surface area contributed by atoms with Gasteiger partial charge in [-0.05, 0) is 30.3 Å². The first-order valence-electron chi connectivity index (χ1n) is 12.8. The molecule has 9 N–H and O–H groups in total. The predicted octanol–water partition coefficient (Wildman–Crippen LogP) is 0.762. The summed E-state index contributed by atoms with van der Waals surface area (Å²) in [4.78, 5) is 39.5. The minimum atomic E-state index is -1.88. The SMILES string of the molecule is COc1c(O)cc2c(c1O)C1OC(CO)C(OC(=O)c3cc(O)c(O)c(O)c3)C(OC(=O)c3cc(O)c(O)c(O)c3)C1OC2=O. The van der Waals surface area contributed by atoms with Gasteiger partial charge in [0.25, 0.3) is 0 Å². The summed E-state index contributed by atoms with van der Waals surface area (Å²) in [7, 11) is 1.11. The Balaban J connectivity index is 1.60. The van der Waals surface area contributed by atoms with E-state index < -0.39 is 118 Å². The predicted molar refractivity (Wildman–Crippen MR) is 142 cm³/mol. The molecule has 3 aromatic carbocycles. The van der Waals surface area contributed by atoms with E-state index in [1.165, 1.54) is 0 Å². The zero-order chi connectivity index (χ0) is 32.9. The number of aromatic hydroxyl groups is 8. The first kappa shape index (κ1) is 30.6. The van der Waals surface area contributed by atoms with Gasteiger partial charge >= 0.3 is 17.9 Å². The number of hydrogen-bond donors (Lipinski definition) is 9. The number of methoxy groups -OCH3 is 1. The van der Waals surface area contributed by atoms with Crippen LogP contribution in [-0.2, 0) is 18.9 Å². The molecule has 0 radical (unpaired) electrons. The molecule has 3 aromatic rings. The maximum Gasteiger partial charge on any atom is 0.339 e. The minimum Gasteiger partial charge on any atom is -0.504 e. The molecule has 0 saturated carbocycles. The van der Waals surface area contributed by atoms with E-state index in [1.54, 1.807) is 0 Å². The second kappa shape index (κ2) is 11.4. The molecule has 2 aliphatic heterocycles. The van der Waals surface area contributed by atoms with E-state index in [0.29, 0.717) is 0 Å². The lowest BCUT2D eigenvalue weighted by atomic mass is 9.85. The van der Waals surface area contributed by atoms with Crippen molar-refractivity contribution in [3.05, 3.63) is 52.6 Å². The van der Waals surface area contributed by atoms with Gasteiger partial charge in [0, 0.05) is 5.56 Å².